The summed E-state index contributed by atoms with van der Waals surface area (Å²) in [7, 11) is 0. The van der Waals surface area contributed by atoms with Crippen molar-refractivity contribution in [2.24, 2.45) is 0 Å². The molecule has 6 nitrogen and oxygen atoms in total. The molecule has 0 bridgehead atoms. The molecule has 9 heteroatoms. The van der Waals surface area contributed by atoms with E-state index in [0.29, 0.717) is 22.5 Å². The van der Waals surface area contributed by atoms with Crippen LogP contribution in [0, 0.1) is 6.92 Å². The van der Waals surface area contributed by atoms with Gasteiger partial charge in [-0.3, -0.25) is 4.79 Å². The molecule has 0 aliphatic carbocycles. The van der Waals surface area contributed by atoms with Gasteiger partial charge in [0.15, 0.2) is 5.65 Å². The van der Waals surface area contributed by atoms with Crippen LogP contribution >= 0.6 is 0 Å². The average molecular weight is 400 g/mol. The highest BCUT2D eigenvalue weighted by molar-refractivity contribution is 5.95. The van der Waals surface area contributed by atoms with Gasteiger partial charge in [0, 0.05) is 11.8 Å². The van der Waals surface area contributed by atoms with Crippen molar-refractivity contribution in [1.82, 2.24) is 14.8 Å². The zero-order valence-electron chi connectivity index (χ0n) is 15.2. The van der Waals surface area contributed by atoms with Gasteiger partial charge in [0.1, 0.15) is 12.3 Å². The van der Waals surface area contributed by atoms with Crippen LogP contribution in [0.3, 0.4) is 0 Å². The van der Waals surface area contributed by atoms with E-state index >= 15 is 0 Å². The second kappa shape index (κ2) is 7.08. The standard InChI is InChI=1S/C20H15F3N4O2/c1-12-18-13(16-7-4-10-29-16)8-9-24-19(18)27(26-12)11-17(28)25-15-6-3-2-5-14(15)20(21,22)23/h2-10H,11H2,1H3,(H,25,28). The molecule has 0 radical (unpaired) electrons. The van der Waals surface area contributed by atoms with Crippen LogP contribution in [-0.4, -0.2) is 20.7 Å². The highest BCUT2D eigenvalue weighted by Gasteiger charge is 2.33. The molecule has 0 unspecified atom stereocenters. The number of aryl methyl sites for hydroxylation is 1. The van der Waals surface area contributed by atoms with E-state index in [1.165, 1.54) is 22.9 Å². The number of nitrogens with zero attached hydrogens (tertiary/aromatic N) is 3. The van der Waals surface area contributed by atoms with Crippen LogP contribution in [-0.2, 0) is 17.5 Å². The molecular formula is C20H15F3N4O2. The van der Waals surface area contributed by atoms with Crippen LogP contribution in [0.1, 0.15) is 11.3 Å². The summed E-state index contributed by atoms with van der Waals surface area (Å²) in [4.78, 5) is 16.7. The normalized spacial score (nSPS) is 11.7. The highest BCUT2D eigenvalue weighted by Crippen LogP contribution is 2.34. The second-order valence-corrected chi connectivity index (χ2v) is 6.37. The quantitative estimate of drug-likeness (QED) is 0.541. The maximum absolute atomic E-state index is 13.1. The summed E-state index contributed by atoms with van der Waals surface area (Å²) >= 11 is 0. The molecule has 0 saturated carbocycles. The minimum absolute atomic E-state index is 0.287. The molecule has 1 aromatic carbocycles. The maximum atomic E-state index is 13.1. The van der Waals surface area contributed by atoms with Crippen LogP contribution < -0.4 is 5.32 Å². The third-order valence-electron chi connectivity index (χ3n) is 4.39. The van der Waals surface area contributed by atoms with E-state index in [1.54, 1.807) is 37.6 Å². The van der Waals surface area contributed by atoms with Gasteiger partial charge in [0.05, 0.1) is 28.6 Å². The Morgan fingerprint density at radius 1 is 1.17 bits per heavy atom. The number of alkyl halides is 3. The van der Waals surface area contributed by atoms with Gasteiger partial charge in [-0.25, -0.2) is 9.67 Å². The monoisotopic (exact) mass is 400 g/mol. The molecule has 1 amide bonds. The van der Waals surface area contributed by atoms with Crippen LogP contribution in [0.15, 0.2) is 59.3 Å². The zero-order chi connectivity index (χ0) is 20.6. The van der Waals surface area contributed by atoms with E-state index < -0.39 is 17.6 Å². The van der Waals surface area contributed by atoms with Crippen molar-refractivity contribution in [3.8, 4) is 11.3 Å². The van der Waals surface area contributed by atoms with Crippen molar-refractivity contribution in [3.05, 3.63) is 66.2 Å². The molecule has 0 saturated heterocycles. The number of carbonyl (C=O) groups excluding carboxylic acids is 1. The van der Waals surface area contributed by atoms with E-state index in [2.05, 4.69) is 15.4 Å². The number of carbonyl (C=O) groups is 1. The predicted molar refractivity (Wildman–Crippen MR) is 100 cm³/mol. The Balaban J connectivity index is 1.64. The van der Waals surface area contributed by atoms with E-state index in [4.69, 9.17) is 4.42 Å². The number of aromatic nitrogens is 3. The summed E-state index contributed by atoms with van der Waals surface area (Å²) in [6.07, 6.45) is -1.46. The Hall–Kier alpha value is -3.62. The van der Waals surface area contributed by atoms with E-state index in [0.717, 1.165) is 11.6 Å². The topological polar surface area (TPSA) is 73.0 Å². The van der Waals surface area contributed by atoms with Crippen molar-refractivity contribution >= 4 is 22.6 Å². The molecule has 1 N–H and O–H groups in total. The Labute approximate surface area is 163 Å². The van der Waals surface area contributed by atoms with Gasteiger partial charge in [0.25, 0.3) is 0 Å². The first kappa shape index (κ1) is 18.7. The van der Waals surface area contributed by atoms with Gasteiger partial charge in [-0.15, -0.1) is 0 Å². The Bertz CT molecular complexity index is 1180. The fraction of sp³-hybridized carbons (Fsp3) is 0.150. The summed E-state index contributed by atoms with van der Waals surface area (Å²) in [5.74, 6) is -0.0140. The number of anilines is 1. The lowest BCUT2D eigenvalue weighted by Crippen LogP contribution is -2.22. The molecule has 4 aromatic rings. The van der Waals surface area contributed by atoms with E-state index in [9.17, 15) is 18.0 Å². The smallest absolute Gasteiger partial charge is 0.418 e. The Morgan fingerprint density at radius 2 is 1.97 bits per heavy atom. The van der Waals surface area contributed by atoms with Gasteiger partial charge in [-0.1, -0.05) is 12.1 Å². The summed E-state index contributed by atoms with van der Waals surface area (Å²) in [6.45, 7) is 1.48. The lowest BCUT2D eigenvalue weighted by Gasteiger charge is -2.13. The average Bonchev–Trinajstić information content (AvgIpc) is 3.30. The predicted octanol–water partition coefficient (Wildman–Crippen LogP) is 4.66. The SMILES string of the molecule is Cc1nn(CC(=O)Nc2ccccc2C(F)(F)F)c2nccc(-c3ccco3)c12. The number of pyridine rings is 1. The van der Waals surface area contributed by atoms with Crippen LogP contribution in [0.5, 0.6) is 0 Å². The van der Waals surface area contributed by atoms with Gasteiger partial charge in [-0.2, -0.15) is 18.3 Å². The van der Waals surface area contributed by atoms with E-state index in [-0.39, 0.29) is 12.2 Å². The molecule has 0 fully saturated rings. The van der Waals surface area contributed by atoms with Gasteiger partial charge in [-0.05, 0) is 37.3 Å². The third kappa shape index (κ3) is 3.58. The van der Waals surface area contributed by atoms with Crippen molar-refractivity contribution in [2.45, 2.75) is 19.6 Å². The molecule has 0 spiro atoms. The first-order valence-electron chi connectivity index (χ1n) is 8.66. The van der Waals surface area contributed by atoms with E-state index in [1.807, 2.05) is 0 Å². The first-order chi connectivity index (χ1) is 13.8. The Morgan fingerprint density at radius 3 is 2.69 bits per heavy atom. The number of rotatable bonds is 4. The molecule has 0 atom stereocenters. The first-order valence-corrected chi connectivity index (χ1v) is 8.66. The molecule has 29 heavy (non-hydrogen) atoms. The number of hydrogen-bond acceptors (Lipinski definition) is 4. The molecular weight excluding hydrogens is 385 g/mol. The molecule has 0 aliphatic rings. The van der Waals surface area contributed by atoms with Gasteiger partial charge < -0.3 is 9.73 Å². The van der Waals surface area contributed by atoms with Crippen LogP contribution in [0.2, 0.25) is 0 Å². The summed E-state index contributed by atoms with van der Waals surface area (Å²) in [6, 6.07) is 10.2. The molecule has 3 aromatic heterocycles. The van der Waals surface area contributed by atoms with Gasteiger partial charge >= 0.3 is 6.18 Å². The second-order valence-electron chi connectivity index (χ2n) is 6.37. The molecule has 3 heterocycles. The number of fused-ring (bicyclic) bond motifs is 1. The zero-order valence-corrected chi connectivity index (χ0v) is 15.2. The van der Waals surface area contributed by atoms with Crippen LogP contribution in [0.4, 0.5) is 18.9 Å². The number of benzene rings is 1. The van der Waals surface area contributed by atoms with Crippen molar-refractivity contribution in [3.63, 3.8) is 0 Å². The number of halogens is 3. The third-order valence-corrected chi connectivity index (χ3v) is 4.39. The van der Waals surface area contributed by atoms with Crippen molar-refractivity contribution in [2.75, 3.05) is 5.32 Å². The summed E-state index contributed by atoms with van der Waals surface area (Å²) < 4.78 is 46.2. The fourth-order valence-electron chi connectivity index (χ4n) is 3.19. The number of amides is 1. The largest absolute Gasteiger partial charge is 0.464 e. The van der Waals surface area contributed by atoms with Crippen molar-refractivity contribution < 1.29 is 22.4 Å². The number of hydrogen-bond donors (Lipinski definition) is 1. The molecule has 4 rings (SSSR count). The highest BCUT2D eigenvalue weighted by atomic mass is 19.4. The van der Waals surface area contributed by atoms with Gasteiger partial charge in [0.2, 0.25) is 5.91 Å². The molecule has 0 aliphatic heterocycles. The number of para-hydroxylation sites is 1. The lowest BCUT2D eigenvalue weighted by molar-refractivity contribution is -0.137. The van der Waals surface area contributed by atoms with Crippen LogP contribution in [0.25, 0.3) is 22.4 Å². The lowest BCUT2D eigenvalue weighted by atomic mass is 10.1. The maximum Gasteiger partial charge on any atom is 0.418 e. The number of nitrogens with one attached hydrogen (secondary N) is 1. The summed E-state index contributed by atoms with van der Waals surface area (Å²) in [5.41, 5.74) is 0.626. The fourth-order valence-corrected chi connectivity index (χ4v) is 3.19. The summed E-state index contributed by atoms with van der Waals surface area (Å²) in [5, 5.41) is 7.37. The Kier molecular flexibility index (Phi) is 4.57. The van der Waals surface area contributed by atoms with Crippen molar-refractivity contribution in [1.29, 1.82) is 0 Å². The minimum Gasteiger partial charge on any atom is -0.464 e. The number of furan rings is 1. The minimum atomic E-state index is -4.57. The molecule has 148 valence electrons.